The van der Waals surface area contributed by atoms with Gasteiger partial charge in [0.25, 0.3) is 0 Å². The maximum absolute atomic E-state index is 6.02. The predicted octanol–water partition coefficient (Wildman–Crippen LogP) is 5.12. The fourth-order valence-electron chi connectivity index (χ4n) is 2.52. The number of nitrogens with zero attached hydrogens (tertiary/aromatic N) is 3. The molecule has 5 heteroatoms. The fraction of sp³-hybridized carbons (Fsp3) is 0.444. The van der Waals surface area contributed by atoms with Crippen LogP contribution in [0.3, 0.4) is 0 Å². The summed E-state index contributed by atoms with van der Waals surface area (Å²) in [6.45, 7) is 10.3. The third-order valence-corrected chi connectivity index (χ3v) is 3.80. The normalized spacial score (nSPS) is 10.7. The maximum Gasteiger partial charge on any atom is 0.227 e. The third-order valence-electron chi connectivity index (χ3n) is 3.56. The first kappa shape index (κ1) is 17.5. The Kier molecular flexibility index (Phi) is 6.22. The molecule has 0 spiro atoms. The summed E-state index contributed by atoms with van der Waals surface area (Å²) in [5.74, 6) is 1.61. The minimum atomic E-state index is 0.740. The Morgan fingerprint density at radius 2 is 1.74 bits per heavy atom. The molecule has 1 heterocycles. The summed E-state index contributed by atoms with van der Waals surface area (Å²) in [7, 11) is 0. The molecule has 0 aliphatic carbocycles. The zero-order chi connectivity index (χ0) is 16.8. The van der Waals surface area contributed by atoms with Gasteiger partial charge in [0.1, 0.15) is 5.82 Å². The predicted molar refractivity (Wildman–Crippen MR) is 99.0 cm³/mol. The van der Waals surface area contributed by atoms with Crippen LogP contribution in [0, 0.1) is 13.8 Å². The Labute approximate surface area is 143 Å². The van der Waals surface area contributed by atoms with Gasteiger partial charge in [-0.3, -0.25) is 0 Å². The standard InChI is InChI=1S/C18H25ClN4/c1-5-9-23(10-6-2)18-20-14(4)12-17(22-18)21-16-8-7-15(19)11-13(16)3/h7-8,11-12H,5-6,9-10H2,1-4H3,(H,20,21,22). The molecular formula is C18H25ClN4. The van der Waals surface area contributed by atoms with Gasteiger partial charge in [-0.25, -0.2) is 4.98 Å². The van der Waals surface area contributed by atoms with Crippen molar-refractivity contribution in [2.75, 3.05) is 23.3 Å². The van der Waals surface area contributed by atoms with Crippen molar-refractivity contribution in [3.8, 4) is 0 Å². The van der Waals surface area contributed by atoms with Crippen molar-refractivity contribution >= 4 is 29.1 Å². The van der Waals surface area contributed by atoms with Crippen molar-refractivity contribution in [1.29, 1.82) is 0 Å². The average molecular weight is 333 g/mol. The minimum Gasteiger partial charge on any atom is -0.341 e. The van der Waals surface area contributed by atoms with Crippen molar-refractivity contribution in [3.05, 3.63) is 40.5 Å². The van der Waals surface area contributed by atoms with Crippen molar-refractivity contribution < 1.29 is 0 Å². The van der Waals surface area contributed by atoms with Gasteiger partial charge < -0.3 is 10.2 Å². The van der Waals surface area contributed by atoms with Crippen LogP contribution in [0.5, 0.6) is 0 Å². The first-order chi connectivity index (χ1) is 11.0. The maximum atomic E-state index is 6.02. The van der Waals surface area contributed by atoms with E-state index in [1.54, 1.807) is 0 Å². The molecule has 0 aliphatic heterocycles. The SMILES string of the molecule is CCCN(CCC)c1nc(C)cc(Nc2ccc(Cl)cc2C)n1. The summed E-state index contributed by atoms with van der Waals surface area (Å²) in [4.78, 5) is 11.5. The van der Waals surface area contributed by atoms with Crippen LogP contribution in [-0.4, -0.2) is 23.1 Å². The fourth-order valence-corrected chi connectivity index (χ4v) is 2.74. The molecule has 124 valence electrons. The van der Waals surface area contributed by atoms with Gasteiger partial charge >= 0.3 is 0 Å². The van der Waals surface area contributed by atoms with Gasteiger partial charge in [0.2, 0.25) is 5.95 Å². The molecule has 2 aromatic rings. The Hall–Kier alpha value is -1.81. The first-order valence-corrected chi connectivity index (χ1v) is 8.55. The van der Waals surface area contributed by atoms with E-state index in [1.165, 1.54) is 0 Å². The number of benzene rings is 1. The molecular weight excluding hydrogens is 308 g/mol. The molecule has 1 aromatic heterocycles. The van der Waals surface area contributed by atoms with E-state index in [9.17, 15) is 0 Å². The minimum absolute atomic E-state index is 0.740. The van der Waals surface area contributed by atoms with Gasteiger partial charge in [0, 0.05) is 35.6 Å². The second-order valence-electron chi connectivity index (χ2n) is 5.77. The number of aromatic nitrogens is 2. The molecule has 2 rings (SSSR count). The summed E-state index contributed by atoms with van der Waals surface area (Å²) in [5.41, 5.74) is 3.06. The summed E-state index contributed by atoms with van der Waals surface area (Å²) >= 11 is 6.02. The van der Waals surface area contributed by atoms with E-state index < -0.39 is 0 Å². The Bertz CT molecular complexity index is 651. The quantitative estimate of drug-likeness (QED) is 0.764. The number of halogens is 1. The average Bonchev–Trinajstić information content (AvgIpc) is 2.49. The smallest absolute Gasteiger partial charge is 0.227 e. The van der Waals surface area contributed by atoms with E-state index in [0.29, 0.717) is 0 Å². The molecule has 0 bridgehead atoms. The van der Waals surface area contributed by atoms with E-state index in [1.807, 2.05) is 38.1 Å². The third kappa shape index (κ3) is 4.83. The molecule has 0 saturated heterocycles. The van der Waals surface area contributed by atoms with Crippen molar-refractivity contribution in [3.63, 3.8) is 0 Å². The molecule has 0 aliphatic rings. The first-order valence-electron chi connectivity index (χ1n) is 8.17. The van der Waals surface area contributed by atoms with Gasteiger partial charge in [0.05, 0.1) is 0 Å². The summed E-state index contributed by atoms with van der Waals surface area (Å²) in [5, 5.41) is 4.12. The monoisotopic (exact) mass is 332 g/mol. The zero-order valence-electron chi connectivity index (χ0n) is 14.4. The van der Waals surface area contributed by atoms with E-state index in [2.05, 4.69) is 29.0 Å². The van der Waals surface area contributed by atoms with Crippen LogP contribution >= 0.6 is 11.6 Å². The number of nitrogens with one attached hydrogen (secondary N) is 1. The van der Waals surface area contributed by atoms with Crippen molar-refractivity contribution in [2.45, 2.75) is 40.5 Å². The molecule has 4 nitrogen and oxygen atoms in total. The second-order valence-corrected chi connectivity index (χ2v) is 6.20. The van der Waals surface area contributed by atoms with Crippen molar-refractivity contribution in [1.82, 2.24) is 9.97 Å². The van der Waals surface area contributed by atoms with Crippen LogP contribution in [-0.2, 0) is 0 Å². The van der Waals surface area contributed by atoms with Crippen LogP contribution in [0.1, 0.15) is 37.9 Å². The Morgan fingerprint density at radius 1 is 1.04 bits per heavy atom. The lowest BCUT2D eigenvalue weighted by molar-refractivity contribution is 0.720. The van der Waals surface area contributed by atoms with Crippen LogP contribution in [0.15, 0.2) is 24.3 Å². The number of rotatable bonds is 7. The molecule has 0 fully saturated rings. The van der Waals surface area contributed by atoms with Crippen molar-refractivity contribution in [2.24, 2.45) is 0 Å². The van der Waals surface area contributed by atoms with E-state index in [0.717, 1.165) is 59.7 Å². The molecule has 0 saturated carbocycles. The highest BCUT2D eigenvalue weighted by Gasteiger charge is 2.11. The lowest BCUT2D eigenvalue weighted by Crippen LogP contribution is -2.27. The van der Waals surface area contributed by atoms with E-state index in [-0.39, 0.29) is 0 Å². The van der Waals surface area contributed by atoms with Crippen LogP contribution in [0.2, 0.25) is 5.02 Å². The lowest BCUT2D eigenvalue weighted by Gasteiger charge is -2.22. The van der Waals surface area contributed by atoms with Gasteiger partial charge in [-0.15, -0.1) is 0 Å². The summed E-state index contributed by atoms with van der Waals surface area (Å²) in [6.07, 6.45) is 2.16. The highest BCUT2D eigenvalue weighted by molar-refractivity contribution is 6.30. The summed E-state index contributed by atoms with van der Waals surface area (Å²) < 4.78 is 0. The van der Waals surface area contributed by atoms with Gasteiger partial charge in [0.15, 0.2) is 0 Å². The second kappa shape index (κ2) is 8.16. The number of anilines is 3. The molecule has 0 amide bonds. The molecule has 1 N–H and O–H groups in total. The number of hydrogen-bond acceptors (Lipinski definition) is 4. The van der Waals surface area contributed by atoms with Gasteiger partial charge in [-0.2, -0.15) is 4.98 Å². The zero-order valence-corrected chi connectivity index (χ0v) is 15.1. The highest BCUT2D eigenvalue weighted by atomic mass is 35.5. The molecule has 0 radical (unpaired) electrons. The largest absolute Gasteiger partial charge is 0.341 e. The van der Waals surface area contributed by atoms with Crippen LogP contribution in [0.4, 0.5) is 17.5 Å². The topological polar surface area (TPSA) is 41.1 Å². The summed E-state index contributed by atoms with van der Waals surface area (Å²) in [6, 6.07) is 7.77. The Balaban J connectivity index is 2.28. The van der Waals surface area contributed by atoms with E-state index >= 15 is 0 Å². The molecule has 0 atom stereocenters. The van der Waals surface area contributed by atoms with Crippen LogP contribution in [0.25, 0.3) is 0 Å². The van der Waals surface area contributed by atoms with E-state index in [4.69, 9.17) is 16.6 Å². The number of aryl methyl sites for hydroxylation is 2. The molecule has 0 unspecified atom stereocenters. The van der Waals surface area contributed by atoms with Gasteiger partial charge in [-0.1, -0.05) is 25.4 Å². The molecule has 23 heavy (non-hydrogen) atoms. The number of hydrogen-bond donors (Lipinski definition) is 1. The van der Waals surface area contributed by atoms with Gasteiger partial charge in [-0.05, 0) is 50.5 Å². The Morgan fingerprint density at radius 3 is 2.35 bits per heavy atom. The lowest BCUT2D eigenvalue weighted by atomic mass is 10.2. The van der Waals surface area contributed by atoms with Crippen LogP contribution < -0.4 is 10.2 Å². The highest BCUT2D eigenvalue weighted by Crippen LogP contribution is 2.24. The molecule has 1 aromatic carbocycles.